The Morgan fingerprint density at radius 1 is 1.06 bits per heavy atom. The van der Waals surface area contributed by atoms with Crippen LogP contribution in [0.1, 0.15) is 38.1 Å². The Morgan fingerprint density at radius 2 is 1.69 bits per heavy atom. The average Bonchev–Trinajstić information content (AvgIpc) is 2.63. The second-order valence-electron chi connectivity index (χ2n) is 6.04. The molecule has 5 rings (SSSR count). The van der Waals surface area contributed by atoms with Crippen molar-refractivity contribution >= 4 is 5.82 Å². The minimum atomic E-state index is 0.564. The molecule has 4 bridgehead atoms. The molecule has 4 nitrogen and oxygen atoms in total. The van der Waals surface area contributed by atoms with Crippen LogP contribution in [0.5, 0.6) is 0 Å². The van der Waals surface area contributed by atoms with E-state index in [2.05, 4.69) is 15.0 Å². The number of aromatic nitrogens is 3. The zero-order valence-electron chi connectivity index (χ0n) is 9.42. The predicted molar refractivity (Wildman–Crippen MR) is 60.5 cm³/mol. The summed E-state index contributed by atoms with van der Waals surface area (Å²) in [5.41, 5.74) is 5.68. The van der Waals surface area contributed by atoms with E-state index in [0.29, 0.717) is 11.9 Å². The van der Waals surface area contributed by atoms with Crippen molar-refractivity contribution in [2.45, 2.75) is 38.1 Å². The van der Waals surface area contributed by atoms with Crippen LogP contribution in [0.25, 0.3) is 0 Å². The molecule has 86 valence electrons. The van der Waals surface area contributed by atoms with Crippen LogP contribution in [0.15, 0.2) is 6.20 Å². The summed E-state index contributed by atoms with van der Waals surface area (Å²) in [6.07, 6.45) is 9.08. The van der Waals surface area contributed by atoms with Crippen molar-refractivity contribution in [3.05, 3.63) is 6.20 Å². The molecule has 0 amide bonds. The highest BCUT2D eigenvalue weighted by Crippen LogP contribution is 2.58. The molecule has 1 heterocycles. The fourth-order valence-electron chi connectivity index (χ4n) is 4.76. The number of hydrogen-bond donors (Lipinski definition) is 1. The minimum absolute atomic E-state index is 0.564. The molecule has 16 heavy (non-hydrogen) atoms. The summed E-state index contributed by atoms with van der Waals surface area (Å²) in [5.74, 6) is 4.28. The number of nitrogen functional groups attached to an aromatic ring is 1. The molecule has 4 aliphatic carbocycles. The highest BCUT2D eigenvalue weighted by atomic mass is 15.4. The fourth-order valence-corrected chi connectivity index (χ4v) is 4.76. The Bertz CT molecular complexity index is 383. The summed E-state index contributed by atoms with van der Waals surface area (Å²) in [6.45, 7) is 0. The molecule has 0 aromatic carbocycles. The largest absolute Gasteiger partial charge is 0.381 e. The van der Waals surface area contributed by atoms with Gasteiger partial charge in [-0.15, -0.1) is 5.10 Å². The van der Waals surface area contributed by atoms with Gasteiger partial charge in [-0.05, 0) is 55.8 Å². The molecule has 0 radical (unpaired) electrons. The number of rotatable bonds is 1. The summed E-state index contributed by atoms with van der Waals surface area (Å²) < 4.78 is 2.06. The zero-order chi connectivity index (χ0) is 10.7. The van der Waals surface area contributed by atoms with Gasteiger partial charge in [0.15, 0.2) is 5.82 Å². The molecular weight excluding hydrogens is 200 g/mol. The molecule has 4 heteroatoms. The minimum Gasteiger partial charge on any atom is -0.381 e. The standard InChI is InChI=1S/C12H18N4/c13-11-6-16(15-14-11)12-9-2-7-1-8(4-9)5-10(12)3-7/h6-10,12H,1-5,13H2. The predicted octanol–water partition coefficient (Wildman–Crippen LogP) is 1.86. The van der Waals surface area contributed by atoms with E-state index >= 15 is 0 Å². The third kappa shape index (κ3) is 1.16. The lowest BCUT2D eigenvalue weighted by atomic mass is 9.54. The monoisotopic (exact) mass is 218 g/mol. The molecule has 0 atom stereocenters. The molecule has 1 aromatic heterocycles. The van der Waals surface area contributed by atoms with Gasteiger partial charge in [-0.3, -0.25) is 0 Å². The Balaban J connectivity index is 1.69. The summed E-state index contributed by atoms with van der Waals surface area (Å²) in [5, 5.41) is 8.14. The van der Waals surface area contributed by atoms with Gasteiger partial charge in [-0.1, -0.05) is 5.21 Å². The second kappa shape index (κ2) is 2.99. The van der Waals surface area contributed by atoms with Crippen molar-refractivity contribution in [3.63, 3.8) is 0 Å². The van der Waals surface area contributed by atoms with Gasteiger partial charge in [0.2, 0.25) is 0 Å². The van der Waals surface area contributed by atoms with E-state index in [1.54, 1.807) is 0 Å². The van der Waals surface area contributed by atoms with Crippen molar-refractivity contribution < 1.29 is 0 Å². The van der Waals surface area contributed by atoms with E-state index in [1.807, 2.05) is 6.20 Å². The second-order valence-corrected chi connectivity index (χ2v) is 6.04. The van der Waals surface area contributed by atoms with E-state index in [1.165, 1.54) is 32.1 Å². The van der Waals surface area contributed by atoms with Crippen LogP contribution in [0.4, 0.5) is 5.82 Å². The molecule has 0 aliphatic heterocycles. The van der Waals surface area contributed by atoms with Gasteiger partial charge in [-0.25, -0.2) is 4.68 Å². The highest BCUT2D eigenvalue weighted by Gasteiger charge is 2.49. The van der Waals surface area contributed by atoms with Gasteiger partial charge in [-0.2, -0.15) is 0 Å². The van der Waals surface area contributed by atoms with Crippen LogP contribution in [0.3, 0.4) is 0 Å². The summed E-state index contributed by atoms with van der Waals surface area (Å²) in [4.78, 5) is 0. The first-order valence-electron chi connectivity index (χ1n) is 6.47. The van der Waals surface area contributed by atoms with Crippen molar-refractivity contribution in [2.24, 2.45) is 23.7 Å². The zero-order valence-corrected chi connectivity index (χ0v) is 9.42. The molecular formula is C12H18N4. The third-order valence-electron chi connectivity index (χ3n) is 5.01. The van der Waals surface area contributed by atoms with Gasteiger partial charge < -0.3 is 5.73 Å². The number of nitrogens with two attached hydrogens (primary N) is 1. The molecule has 1 aromatic rings. The van der Waals surface area contributed by atoms with Crippen LogP contribution >= 0.6 is 0 Å². The average molecular weight is 218 g/mol. The Kier molecular flexibility index (Phi) is 1.69. The van der Waals surface area contributed by atoms with Gasteiger partial charge >= 0.3 is 0 Å². The first-order chi connectivity index (χ1) is 7.79. The molecule has 0 spiro atoms. The molecule has 2 N–H and O–H groups in total. The van der Waals surface area contributed by atoms with E-state index in [0.717, 1.165) is 23.7 Å². The van der Waals surface area contributed by atoms with Gasteiger partial charge in [0.25, 0.3) is 0 Å². The number of hydrogen-bond acceptors (Lipinski definition) is 3. The van der Waals surface area contributed by atoms with E-state index in [4.69, 9.17) is 5.73 Å². The van der Waals surface area contributed by atoms with Gasteiger partial charge in [0, 0.05) is 0 Å². The molecule has 0 unspecified atom stereocenters. The van der Waals surface area contributed by atoms with Crippen LogP contribution in [-0.2, 0) is 0 Å². The lowest BCUT2D eigenvalue weighted by Crippen LogP contribution is -2.46. The summed E-state index contributed by atoms with van der Waals surface area (Å²) >= 11 is 0. The third-order valence-corrected chi connectivity index (χ3v) is 5.01. The maximum absolute atomic E-state index is 5.68. The van der Waals surface area contributed by atoms with Crippen LogP contribution in [-0.4, -0.2) is 15.0 Å². The first kappa shape index (κ1) is 9.02. The fraction of sp³-hybridized carbons (Fsp3) is 0.833. The summed E-state index contributed by atoms with van der Waals surface area (Å²) in [7, 11) is 0. The molecule has 0 saturated heterocycles. The van der Waals surface area contributed by atoms with E-state index < -0.39 is 0 Å². The van der Waals surface area contributed by atoms with Crippen molar-refractivity contribution in [1.82, 2.24) is 15.0 Å². The Labute approximate surface area is 95.2 Å². The lowest BCUT2D eigenvalue weighted by molar-refractivity contribution is -0.0342. The van der Waals surface area contributed by atoms with Crippen molar-refractivity contribution in [2.75, 3.05) is 5.73 Å². The Morgan fingerprint density at radius 3 is 2.19 bits per heavy atom. The van der Waals surface area contributed by atoms with Gasteiger partial charge in [0.05, 0.1) is 12.2 Å². The normalized spacial score (nSPS) is 45.1. The quantitative estimate of drug-likeness (QED) is 0.782. The first-order valence-corrected chi connectivity index (χ1v) is 6.47. The smallest absolute Gasteiger partial charge is 0.165 e. The van der Waals surface area contributed by atoms with E-state index in [9.17, 15) is 0 Å². The van der Waals surface area contributed by atoms with Crippen LogP contribution < -0.4 is 5.73 Å². The number of anilines is 1. The lowest BCUT2D eigenvalue weighted by Gasteiger charge is -2.54. The highest BCUT2D eigenvalue weighted by molar-refractivity contribution is 5.20. The van der Waals surface area contributed by atoms with Crippen molar-refractivity contribution in [1.29, 1.82) is 0 Å². The number of nitrogens with zero attached hydrogens (tertiary/aromatic N) is 3. The van der Waals surface area contributed by atoms with Crippen LogP contribution in [0, 0.1) is 23.7 Å². The Hall–Kier alpha value is -1.06. The molecule has 4 aliphatic rings. The van der Waals surface area contributed by atoms with Crippen molar-refractivity contribution in [3.8, 4) is 0 Å². The summed E-state index contributed by atoms with van der Waals surface area (Å²) in [6, 6.07) is 0.595. The molecule has 4 fully saturated rings. The maximum atomic E-state index is 5.68. The molecule has 4 saturated carbocycles. The van der Waals surface area contributed by atoms with Crippen LogP contribution in [0.2, 0.25) is 0 Å². The topological polar surface area (TPSA) is 56.7 Å². The SMILES string of the molecule is Nc1cn(C2C3CC4CC(C3)CC2C4)nn1. The van der Waals surface area contributed by atoms with Gasteiger partial charge in [0.1, 0.15) is 0 Å². The maximum Gasteiger partial charge on any atom is 0.165 e. The van der Waals surface area contributed by atoms with E-state index in [-0.39, 0.29) is 0 Å².